The minimum Gasteiger partial charge on any atom is -0.465 e. The summed E-state index contributed by atoms with van der Waals surface area (Å²) in [6, 6.07) is 15.2. The third-order valence-electron chi connectivity index (χ3n) is 7.87. The number of aromatic nitrogens is 4. The molecule has 0 radical (unpaired) electrons. The number of fused-ring (bicyclic) bond motifs is 2. The third-order valence-corrected chi connectivity index (χ3v) is 9.04. The van der Waals surface area contributed by atoms with Gasteiger partial charge in [-0.3, -0.25) is 9.89 Å². The van der Waals surface area contributed by atoms with E-state index < -0.39 is 23.5 Å². The lowest BCUT2D eigenvalue weighted by atomic mass is 9.76. The molecule has 5 aromatic rings. The highest BCUT2D eigenvalue weighted by molar-refractivity contribution is 7.22. The number of anilines is 2. The lowest BCUT2D eigenvalue weighted by Crippen LogP contribution is -2.48. The zero-order valence-electron chi connectivity index (χ0n) is 25.0. The number of ether oxygens (including phenoxy) is 1. The average molecular weight is 614 g/mol. The first-order chi connectivity index (χ1) is 21.1. The van der Waals surface area contributed by atoms with Crippen LogP contribution >= 0.6 is 11.3 Å². The number of H-pyrrole nitrogens is 1. The molecule has 2 amide bonds. The summed E-state index contributed by atoms with van der Waals surface area (Å²) >= 11 is 1.62. The van der Waals surface area contributed by atoms with E-state index in [9.17, 15) is 14.7 Å². The summed E-state index contributed by atoms with van der Waals surface area (Å²) in [5.74, 6) is 0.679. The summed E-state index contributed by atoms with van der Waals surface area (Å²) in [5.41, 5.74) is 3.76. The number of thiophene rings is 1. The van der Waals surface area contributed by atoms with Crippen LogP contribution in [0.3, 0.4) is 0 Å². The first-order valence-corrected chi connectivity index (χ1v) is 15.4. The summed E-state index contributed by atoms with van der Waals surface area (Å²) in [7, 11) is 0. The highest BCUT2D eigenvalue weighted by Gasteiger charge is 2.37. The van der Waals surface area contributed by atoms with Gasteiger partial charge in [-0.05, 0) is 42.2 Å². The number of aromatic amines is 1. The Morgan fingerprint density at radius 2 is 1.86 bits per heavy atom. The fraction of sp³-hybridized carbons (Fsp3) is 0.344. The van der Waals surface area contributed by atoms with Crippen LogP contribution in [0.15, 0.2) is 54.7 Å². The summed E-state index contributed by atoms with van der Waals surface area (Å²) in [5, 5.41) is 22.9. The minimum absolute atomic E-state index is 0.245. The Bertz CT molecular complexity index is 1840. The molecule has 228 valence electrons. The highest BCUT2D eigenvalue weighted by atomic mass is 32.1. The van der Waals surface area contributed by atoms with Crippen molar-refractivity contribution in [3.63, 3.8) is 0 Å². The summed E-state index contributed by atoms with van der Waals surface area (Å²) in [4.78, 5) is 38.1. The van der Waals surface area contributed by atoms with Gasteiger partial charge in [-0.15, -0.1) is 11.3 Å². The fourth-order valence-corrected chi connectivity index (χ4v) is 7.06. The maximum Gasteiger partial charge on any atom is 0.404 e. The van der Waals surface area contributed by atoms with Gasteiger partial charge in [0, 0.05) is 40.6 Å². The Hall–Kier alpha value is -4.55. The molecule has 0 saturated carbocycles. The van der Waals surface area contributed by atoms with E-state index in [1.807, 2.05) is 63.2 Å². The van der Waals surface area contributed by atoms with E-state index in [4.69, 9.17) is 14.7 Å². The molecule has 3 aromatic heterocycles. The van der Waals surface area contributed by atoms with Crippen molar-refractivity contribution >= 4 is 56.0 Å². The smallest absolute Gasteiger partial charge is 0.404 e. The molecule has 4 heterocycles. The van der Waals surface area contributed by atoms with Crippen molar-refractivity contribution in [2.75, 3.05) is 36.5 Å². The number of nitrogens with one attached hydrogen (secondary N) is 3. The van der Waals surface area contributed by atoms with Gasteiger partial charge < -0.3 is 25.4 Å². The summed E-state index contributed by atoms with van der Waals surface area (Å²) in [6.45, 7) is 10.2. The Morgan fingerprint density at radius 1 is 1.09 bits per heavy atom. The van der Waals surface area contributed by atoms with Crippen molar-refractivity contribution < 1.29 is 19.4 Å². The standard InChI is InChI=1S/C32H35N7O4S/c1-18(34-31(41)42)26(32(2,3)4)30(40)35-20-8-5-7-19(15-20)25-16-24-27(44-25)29(39-11-13-43-14-12-39)37-28(36-24)21-9-6-10-23-22(21)17-33-38-23/h5-10,15-18,26,34H,11-14H2,1-4H3,(H,33,38)(H,35,40)(H,41,42). The molecule has 4 N–H and O–H groups in total. The highest BCUT2D eigenvalue weighted by Crippen LogP contribution is 2.40. The zero-order chi connectivity index (χ0) is 31.0. The van der Waals surface area contributed by atoms with Crippen molar-refractivity contribution in [2.24, 2.45) is 11.3 Å². The van der Waals surface area contributed by atoms with Gasteiger partial charge in [0.1, 0.15) is 0 Å². The third kappa shape index (κ3) is 5.95. The maximum atomic E-state index is 13.5. The number of hydrogen-bond donors (Lipinski definition) is 4. The van der Waals surface area contributed by atoms with Gasteiger partial charge in [-0.2, -0.15) is 5.10 Å². The predicted molar refractivity (Wildman–Crippen MR) is 173 cm³/mol. The molecular formula is C32H35N7O4S. The Labute approximate surface area is 258 Å². The van der Waals surface area contributed by atoms with Crippen LogP contribution in [0, 0.1) is 11.3 Å². The summed E-state index contributed by atoms with van der Waals surface area (Å²) < 4.78 is 6.61. The molecule has 6 rings (SSSR count). The minimum atomic E-state index is -1.16. The van der Waals surface area contributed by atoms with Crippen LogP contribution in [0.5, 0.6) is 0 Å². The molecule has 1 aliphatic heterocycles. The molecule has 1 aliphatic rings. The second-order valence-corrected chi connectivity index (χ2v) is 13.1. The number of carboxylic acid groups (broad SMARTS) is 1. The topological polar surface area (TPSA) is 145 Å². The van der Waals surface area contributed by atoms with Crippen LogP contribution in [0.25, 0.3) is 42.9 Å². The van der Waals surface area contributed by atoms with E-state index in [0.717, 1.165) is 56.0 Å². The molecule has 1 fully saturated rings. The molecular weight excluding hydrogens is 578 g/mol. The van der Waals surface area contributed by atoms with E-state index in [1.165, 1.54) is 0 Å². The van der Waals surface area contributed by atoms with E-state index in [-0.39, 0.29) is 5.91 Å². The van der Waals surface area contributed by atoms with Crippen LogP contribution in [-0.4, -0.2) is 69.6 Å². The molecule has 1 saturated heterocycles. The molecule has 2 atom stereocenters. The van der Waals surface area contributed by atoms with Crippen LogP contribution in [0.1, 0.15) is 27.7 Å². The molecule has 2 unspecified atom stereocenters. The van der Waals surface area contributed by atoms with Crippen molar-refractivity contribution in [2.45, 2.75) is 33.7 Å². The van der Waals surface area contributed by atoms with Crippen molar-refractivity contribution in [3.05, 3.63) is 54.7 Å². The van der Waals surface area contributed by atoms with E-state index >= 15 is 0 Å². The molecule has 2 aromatic carbocycles. The van der Waals surface area contributed by atoms with Gasteiger partial charge in [-0.1, -0.05) is 45.0 Å². The second-order valence-electron chi connectivity index (χ2n) is 12.1. The van der Waals surface area contributed by atoms with Gasteiger partial charge >= 0.3 is 6.09 Å². The molecule has 44 heavy (non-hydrogen) atoms. The van der Waals surface area contributed by atoms with Crippen molar-refractivity contribution in [1.82, 2.24) is 25.5 Å². The lowest BCUT2D eigenvalue weighted by Gasteiger charge is -2.34. The number of nitrogens with zero attached hydrogens (tertiary/aromatic N) is 4. The SMILES string of the molecule is CC(NC(=O)O)C(C(=O)Nc1cccc(-c2cc3nc(-c4cccc5[nH]ncc45)nc(N4CCOCC4)c3s2)c1)C(C)(C)C. The summed E-state index contributed by atoms with van der Waals surface area (Å²) in [6.07, 6.45) is 0.643. The van der Waals surface area contributed by atoms with Gasteiger partial charge in [-0.25, -0.2) is 14.8 Å². The van der Waals surface area contributed by atoms with Gasteiger partial charge in [0.2, 0.25) is 5.91 Å². The van der Waals surface area contributed by atoms with Crippen LogP contribution in [0.2, 0.25) is 0 Å². The fourth-order valence-electron chi connectivity index (χ4n) is 5.95. The number of carbonyl (C=O) groups excluding carboxylic acids is 1. The first-order valence-electron chi connectivity index (χ1n) is 14.6. The number of hydrogen-bond acceptors (Lipinski definition) is 8. The lowest BCUT2D eigenvalue weighted by molar-refractivity contribution is -0.123. The maximum absolute atomic E-state index is 13.5. The van der Waals surface area contributed by atoms with E-state index in [0.29, 0.717) is 24.7 Å². The molecule has 0 aliphatic carbocycles. The zero-order valence-corrected chi connectivity index (χ0v) is 25.9. The number of benzene rings is 2. The normalized spacial score (nSPS) is 15.3. The Balaban J connectivity index is 1.37. The monoisotopic (exact) mass is 613 g/mol. The quantitative estimate of drug-likeness (QED) is 0.175. The number of rotatable bonds is 7. The van der Waals surface area contributed by atoms with Gasteiger partial charge in [0.25, 0.3) is 0 Å². The Morgan fingerprint density at radius 3 is 2.61 bits per heavy atom. The van der Waals surface area contributed by atoms with Crippen LogP contribution in [0.4, 0.5) is 16.3 Å². The van der Waals surface area contributed by atoms with Crippen LogP contribution in [-0.2, 0) is 9.53 Å². The average Bonchev–Trinajstić information content (AvgIpc) is 3.63. The Kier molecular flexibility index (Phi) is 7.95. The predicted octanol–water partition coefficient (Wildman–Crippen LogP) is 6.00. The molecule has 0 spiro atoms. The van der Waals surface area contributed by atoms with Crippen molar-refractivity contribution in [1.29, 1.82) is 0 Å². The number of morpholine rings is 1. The van der Waals surface area contributed by atoms with E-state index in [2.05, 4.69) is 31.8 Å². The van der Waals surface area contributed by atoms with Crippen molar-refractivity contribution in [3.8, 4) is 21.8 Å². The number of amides is 2. The molecule has 11 nitrogen and oxygen atoms in total. The largest absolute Gasteiger partial charge is 0.465 e. The molecule has 0 bridgehead atoms. The van der Waals surface area contributed by atoms with E-state index in [1.54, 1.807) is 24.5 Å². The first kappa shape index (κ1) is 29.5. The van der Waals surface area contributed by atoms with Crippen LogP contribution < -0.4 is 15.5 Å². The second kappa shape index (κ2) is 11.9. The van der Waals surface area contributed by atoms with Gasteiger partial charge in [0.15, 0.2) is 11.6 Å². The molecule has 12 heteroatoms. The van der Waals surface area contributed by atoms with Gasteiger partial charge in [0.05, 0.1) is 41.1 Å². The number of carbonyl (C=O) groups is 2.